The first kappa shape index (κ1) is 29.3. The van der Waals surface area contributed by atoms with Gasteiger partial charge in [0.1, 0.15) is 0 Å². The molecule has 0 aromatic carbocycles. The van der Waals surface area contributed by atoms with Gasteiger partial charge in [0.05, 0.1) is 20.6 Å². The molecule has 0 aliphatic rings. The topological polar surface area (TPSA) is 112 Å². The number of quaternary nitrogens is 1. The lowest BCUT2D eigenvalue weighted by molar-refractivity contribution is -2.00. The maximum atomic E-state index is 9.66. The highest BCUT2D eigenvalue weighted by atomic mass is 35.7. The van der Waals surface area contributed by atoms with Crippen LogP contribution >= 0.6 is 0 Å². The zero-order valence-electron chi connectivity index (χ0n) is 18.1. The molecule has 0 aliphatic carbocycles. The van der Waals surface area contributed by atoms with Crippen molar-refractivity contribution in [2.45, 2.75) is 110 Å². The van der Waals surface area contributed by atoms with Crippen LogP contribution in [0.25, 0.3) is 0 Å². The van der Waals surface area contributed by atoms with Crippen molar-refractivity contribution in [2.24, 2.45) is 0 Å². The molecule has 0 amide bonds. The maximum Gasteiger partial charge on any atom is 0.187 e. The highest BCUT2D eigenvalue weighted by molar-refractivity contribution is 4.49. The van der Waals surface area contributed by atoms with E-state index in [9.17, 15) is 5.11 Å². The SMILES string of the molecule is CCCCCCCCCCCCCCCC[N+](C)(C)C(C)O.[O-][Cl+3]([O-])([O-])[O-]. The van der Waals surface area contributed by atoms with E-state index in [4.69, 9.17) is 18.6 Å². The van der Waals surface area contributed by atoms with E-state index in [1.807, 2.05) is 6.92 Å². The van der Waals surface area contributed by atoms with Gasteiger partial charge in [0, 0.05) is 6.92 Å². The highest BCUT2D eigenvalue weighted by Crippen LogP contribution is 2.14. The molecule has 6 nitrogen and oxygen atoms in total. The minimum atomic E-state index is -4.94. The summed E-state index contributed by atoms with van der Waals surface area (Å²) < 4.78 is 34.7. The Morgan fingerprint density at radius 2 is 0.926 bits per heavy atom. The number of hydrogen-bond donors (Lipinski definition) is 1. The second kappa shape index (κ2) is 18.1. The summed E-state index contributed by atoms with van der Waals surface area (Å²) >= 11 is 0. The third-order valence-corrected chi connectivity index (χ3v) is 5.10. The Hall–Kier alpha value is 0.0500. The molecule has 0 saturated carbocycles. The molecule has 0 heterocycles. The smallest absolute Gasteiger partial charge is 0.187 e. The second-order valence-corrected chi connectivity index (χ2v) is 8.86. The van der Waals surface area contributed by atoms with Gasteiger partial charge in [-0.15, -0.1) is 10.2 Å². The molecule has 166 valence electrons. The van der Waals surface area contributed by atoms with Crippen LogP contribution in [0.3, 0.4) is 0 Å². The van der Waals surface area contributed by atoms with Crippen LogP contribution in [-0.4, -0.2) is 36.5 Å². The average molecular weight is 414 g/mol. The zero-order valence-corrected chi connectivity index (χ0v) is 18.8. The fraction of sp³-hybridized carbons (Fsp3) is 1.00. The number of hydrogen-bond acceptors (Lipinski definition) is 5. The van der Waals surface area contributed by atoms with Gasteiger partial charge in [0.2, 0.25) is 0 Å². The van der Waals surface area contributed by atoms with Gasteiger partial charge >= 0.3 is 0 Å². The van der Waals surface area contributed by atoms with Crippen molar-refractivity contribution in [3.63, 3.8) is 0 Å². The molecular weight excluding hydrogens is 370 g/mol. The summed E-state index contributed by atoms with van der Waals surface area (Å²) in [6.07, 6.45) is 19.4. The number of aliphatic hydroxyl groups excluding tert-OH is 1. The van der Waals surface area contributed by atoms with Crippen molar-refractivity contribution in [2.75, 3.05) is 20.6 Å². The summed E-state index contributed by atoms with van der Waals surface area (Å²) in [6.45, 7) is 5.27. The third-order valence-electron chi connectivity index (χ3n) is 5.10. The minimum absolute atomic E-state index is 0.248. The number of nitrogens with zero attached hydrogens (tertiary/aromatic N) is 1. The summed E-state index contributed by atoms with van der Waals surface area (Å²) in [7, 11) is -0.708. The van der Waals surface area contributed by atoms with E-state index in [1.54, 1.807) is 0 Å². The summed E-state index contributed by atoms with van der Waals surface area (Å²) in [5.74, 6) is 0. The van der Waals surface area contributed by atoms with Crippen molar-refractivity contribution in [1.82, 2.24) is 0 Å². The van der Waals surface area contributed by atoms with Crippen LogP contribution in [0.2, 0.25) is 0 Å². The van der Waals surface area contributed by atoms with Gasteiger partial charge < -0.3 is 9.59 Å². The van der Waals surface area contributed by atoms with Gasteiger partial charge in [-0.1, -0.05) is 84.0 Å². The van der Waals surface area contributed by atoms with Gasteiger partial charge in [-0.3, -0.25) is 0 Å². The first-order chi connectivity index (χ1) is 12.5. The van der Waals surface area contributed by atoms with Crippen LogP contribution in [0.1, 0.15) is 104 Å². The summed E-state index contributed by atoms with van der Waals surface area (Å²) in [5.41, 5.74) is 0. The second-order valence-electron chi connectivity index (χ2n) is 8.11. The monoisotopic (exact) mass is 413 g/mol. The molecule has 0 saturated heterocycles. The van der Waals surface area contributed by atoms with E-state index in [-0.39, 0.29) is 6.23 Å². The molecule has 27 heavy (non-hydrogen) atoms. The maximum absolute atomic E-state index is 9.66. The molecule has 1 atom stereocenters. The zero-order chi connectivity index (χ0) is 21.2. The van der Waals surface area contributed by atoms with Gasteiger partial charge in [-0.05, 0) is 12.8 Å². The molecule has 0 aliphatic heterocycles. The fourth-order valence-corrected chi connectivity index (χ4v) is 2.90. The van der Waals surface area contributed by atoms with Gasteiger partial charge in [0.25, 0.3) is 0 Å². The molecule has 0 aromatic heterocycles. The predicted octanol–water partition coefficient (Wildman–Crippen LogP) is 1.13. The largest absolute Gasteiger partial charge is 0.345 e. The lowest BCUT2D eigenvalue weighted by Crippen LogP contribution is -2.68. The van der Waals surface area contributed by atoms with E-state index in [0.717, 1.165) is 11.0 Å². The molecule has 0 rings (SSSR count). The van der Waals surface area contributed by atoms with Crippen molar-refractivity contribution in [3.05, 3.63) is 0 Å². The molecule has 1 unspecified atom stereocenters. The Balaban J connectivity index is 0. The van der Waals surface area contributed by atoms with E-state index < -0.39 is 10.2 Å². The highest BCUT2D eigenvalue weighted by Gasteiger charge is 2.20. The normalized spacial score (nSPS) is 13.2. The molecule has 0 fully saturated rings. The van der Waals surface area contributed by atoms with Gasteiger partial charge in [-0.25, -0.2) is 18.6 Å². The quantitative estimate of drug-likeness (QED) is 0.231. The predicted molar refractivity (Wildman–Crippen MR) is 99.0 cm³/mol. The first-order valence-electron chi connectivity index (χ1n) is 10.6. The van der Waals surface area contributed by atoms with Gasteiger partial charge in [-0.2, -0.15) is 0 Å². The number of halogens is 1. The fourth-order valence-electron chi connectivity index (χ4n) is 2.90. The van der Waals surface area contributed by atoms with Crippen molar-refractivity contribution < 1.29 is 38.5 Å². The number of unbranched alkanes of at least 4 members (excludes halogenated alkanes) is 13. The molecule has 0 bridgehead atoms. The van der Waals surface area contributed by atoms with Crippen LogP contribution in [-0.2, 0) is 0 Å². The first-order valence-corrected chi connectivity index (χ1v) is 11.9. The van der Waals surface area contributed by atoms with Crippen LogP contribution in [0.4, 0.5) is 0 Å². The molecular formula is C20H44ClNO5. The molecule has 1 N–H and O–H groups in total. The Morgan fingerprint density at radius 3 is 1.19 bits per heavy atom. The Labute approximate surface area is 169 Å². The van der Waals surface area contributed by atoms with Crippen LogP contribution in [0, 0.1) is 10.2 Å². The van der Waals surface area contributed by atoms with E-state index in [1.165, 1.54) is 89.9 Å². The number of rotatable bonds is 16. The van der Waals surface area contributed by atoms with Crippen LogP contribution < -0.4 is 18.6 Å². The third kappa shape index (κ3) is 28.4. The summed E-state index contributed by atoms with van der Waals surface area (Å²) in [5, 5.41) is 9.66. The van der Waals surface area contributed by atoms with E-state index in [0.29, 0.717) is 0 Å². The average Bonchev–Trinajstić information content (AvgIpc) is 2.53. The minimum Gasteiger partial charge on any atom is -0.345 e. The lowest BCUT2D eigenvalue weighted by atomic mass is 10.0. The lowest BCUT2D eigenvalue weighted by Gasteiger charge is -2.32. The molecule has 0 radical (unpaired) electrons. The van der Waals surface area contributed by atoms with E-state index in [2.05, 4.69) is 21.0 Å². The van der Waals surface area contributed by atoms with Gasteiger partial charge in [0.15, 0.2) is 6.23 Å². The summed E-state index contributed by atoms with van der Waals surface area (Å²) in [4.78, 5) is 0. The Kier molecular flexibility index (Phi) is 19.6. The molecule has 7 heteroatoms. The Morgan fingerprint density at radius 1 is 0.667 bits per heavy atom. The molecule has 0 spiro atoms. The van der Waals surface area contributed by atoms with Crippen molar-refractivity contribution in [1.29, 1.82) is 0 Å². The molecule has 0 aromatic rings. The Bertz CT molecular complexity index is 303. The van der Waals surface area contributed by atoms with Crippen molar-refractivity contribution in [3.8, 4) is 0 Å². The van der Waals surface area contributed by atoms with Crippen molar-refractivity contribution >= 4 is 0 Å². The summed E-state index contributed by atoms with van der Waals surface area (Å²) in [6, 6.07) is 0. The standard InChI is InChI=1S/C20H44NO.ClHO4/c1-5-6-7-8-9-10-11-12-13-14-15-16-17-18-19-21(3,4)20(2)22;2-1(3,4)5/h20,22H,5-19H2,1-4H3;(H,2,3,4,5)/q+1;/p-1. The van der Waals surface area contributed by atoms with E-state index >= 15 is 0 Å². The number of aliphatic hydroxyl groups is 1. The van der Waals surface area contributed by atoms with Crippen LogP contribution in [0.5, 0.6) is 0 Å². The van der Waals surface area contributed by atoms with Crippen LogP contribution in [0.15, 0.2) is 0 Å².